The first-order valence-electron chi connectivity index (χ1n) is 10.2. The molecule has 0 aliphatic rings. The van der Waals surface area contributed by atoms with Crippen LogP contribution in [0.15, 0.2) is 59.0 Å². The lowest BCUT2D eigenvalue weighted by atomic mass is 9.98. The van der Waals surface area contributed by atoms with Crippen molar-refractivity contribution >= 4 is 45.9 Å². The van der Waals surface area contributed by atoms with E-state index in [0.717, 1.165) is 23.1 Å². The molecule has 7 heteroatoms. The van der Waals surface area contributed by atoms with Crippen LogP contribution in [0.4, 0.5) is 5.69 Å². The molecule has 1 atom stereocenters. The van der Waals surface area contributed by atoms with Gasteiger partial charge in [-0.25, -0.2) is 4.98 Å². The number of anilines is 1. The Labute approximate surface area is 196 Å². The fourth-order valence-corrected chi connectivity index (χ4v) is 4.05. The Kier molecular flexibility index (Phi) is 6.40. The van der Waals surface area contributed by atoms with Crippen LogP contribution < -0.4 is 10.1 Å². The molecule has 0 spiro atoms. The third-order valence-corrected chi connectivity index (χ3v) is 5.92. The van der Waals surface area contributed by atoms with E-state index in [4.69, 9.17) is 32.4 Å². The Bertz CT molecular complexity index is 1300. The Morgan fingerprint density at radius 2 is 1.97 bits per heavy atom. The molecule has 0 saturated heterocycles. The predicted octanol–water partition coefficient (Wildman–Crippen LogP) is 7.58. The first-order chi connectivity index (χ1) is 15.4. The average Bonchev–Trinajstić information content (AvgIpc) is 3.21. The highest BCUT2D eigenvalue weighted by Crippen LogP contribution is 2.33. The SMILES string of the molecule is CC[C@@H](C)c1ccc2oc(-c3cccc(NC(=O)c4cc(Cl)cc(Cl)c4OC)c3)nc2c1. The van der Waals surface area contributed by atoms with Gasteiger partial charge in [0.25, 0.3) is 5.91 Å². The van der Waals surface area contributed by atoms with Crippen LogP contribution >= 0.6 is 23.2 Å². The summed E-state index contributed by atoms with van der Waals surface area (Å²) >= 11 is 12.2. The van der Waals surface area contributed by atoms with E-state index in [1.54, 1.807) is 12.1 Å². The molecule has 0 aliphatic heterocycles. The third kappa shape index (κ3) is 4.45. The van der Waals surface area contributed by atoms with Gasteiger partial charge in [0.1, 0.15) is 11.3 Å². The normalized spacial score (nSPS) is 12.0. The highest BCUT2D eigenvalue weighted by molar-refractivity contribution is 6.36. The average molecular weight is 469 g/mol. The van der Waals surface area contributed by atoms with Gasteiger partial charge < -0.3 is 14.5 Å². The van der Waals surface area contributed by atoms with Gasteiger partial charge in [-0.05, 0) is 60.4 Å². The number of methoxy groups -OCH3 is 1. The summed E-state index contributed by atoms with van der Waals surface area (Å²) in [5, 5.41) is 3.47. The maximum Gasteiger partial charge on any atom is 0.259 e. The number of ether oxygens (including phenoxy) is 1. The zero-order chi connectivity index (χ0) is 22.8. The molecule has 32 heavy (non-hydrogen) atoms. The summed E-state index contributed by atoms with van der Waals surface area (Å²) in [6, 6.07) is 16.4. The summed E-state index contributed by atoms with van der Waals surface area (Å²) in [4.78, 5) is 17.5. The molecule has 164 valence electrons. The van der Waals surface area contributed by atoms with E-state index in [0.29, 0.717) is 22.5 Å². The number of nitrogens with one attached hydrogen (secondary N) is 1. The van der Waals surface area contributed by atoms with Crippen molar-refractivity contribution in [2.75, 3.05) is 12.4 Å². The van der Waals surface area contributed by atoms with Crippen molar-refractivity contribution in [3.63, 3.8) is 0 Å². The summed E-state index contributed by atoms with van der Waals surface area (Å²) in [5.41, 5.74) is 4.34. The maximum absolute atomic E-state index is 12.9. The molecule has 0 fully saturated rings. The number of fused-ring (bicyclic) bond motifs is 1. The number of amides is 1. The molecule has 0 saturated carbocycles. The molecular weight excluding hydrogens is 447 g/mol. The number of carbonyl (C=O) groups excluding carboxylic acids is 1. The van der Waals surface area contributed by atoms with E-state index in [9.17, 15) is 4.79 Å². The van der Waals surface area contributed by atoms with Crippen LogP contribution in [0.2, 0.25) is 10.0 Å². The van der Waals surface area contributed by atoms with Gasteiger partial charge in [-0.3, -0.25) is 4.79 Å². The van der Waals surface area contributed by atoms with Crippen molar-refractivity contribution in [3.05, 3.63) is 75.8 Å². The van der Waals surface area contributed by atoms with Crippen molar-refractivity contribution in [3.8, 4) is 17.2 Å². The topological polar surface area (TPSA) is 64.4 Å². The largest absolute Gasteiger partial charge is 0.494 e. The second kappa shape index (κ2) is 9.23. The molecule has 5 nitrogen and oxygen atoms in total. The molecule has 4 rings (SSSR count). The Morgan fingerprint density at radius 1 is 1.16 bits per heavy atom. The van der Waals surface area contributed by atoms with E-state index in [2.05, 4.69) is 36.3 Å². The fraction of sp³-hybridized carbons (Fsp3) is 0.200. The van der Waals surface area contributed by atoms with Crippen LogP contribution in [0, 0.1) is 0 Å². The molecule has 1 heterocycles. The second-order valence-corrected chi connectivity index (χ2v) is 8.40. The number of hydrogen-bond donors (Lipinski definition) is 1. The molecule has 1 N–H and O–H groups in total. The summed E-state index contributed by atoms with van der Waals surface area (Å²) in [5.74, 6) is 0.816. The molecule has 0 aliphatic carbocycles. The fourth-order valence-electron chi connectivity index (χ4n) is 3.48. The van der Waals surface area contributed by atoms with Crippen LogP contribution in [0.5, 0.6) is 5.75 Å². The molecule has 1 amide bonds. The number of rotatable bonds is 6. The zero-order valence-corrected chi connectivity index (χ0v) is 19.4. The molecule has 4 aromatic rings. The van der Waals surface area contributed by atoms with Gasteiger partial charge in [-0.1, -0.05) is 49.2 Å². The second-order valence-electron chi connectivity index (χ2n) is 7.56. The van der Waals surface area contributed by atoms with Gasteiger partial charge in [-0.2, -0.15) is 0 Å². The summed E-state index contributed by atoms with van der Waals surface area (Å²) in [6.07, 6.45) is 1.06. The van der Waals surface area contributed by atoms with E-state index in [1.807, 2.05) is 18.2 Å². The van der Waals surface area contributed by atoms with Crippen LogP contribution in [-0.2, 0) is 0 Å². The Morgan fingerprint density at radius 3 is 2.72 bits per heavy atom. The van der Waals surface area contributed by atoms with E-state index in [-0.39, 0.29) is 22.2 Å². The van der Waals surface area contributed by atoms with Gasteiger partial charge in [0.15, 0.2) is 5.58 Å². The first kappa shape index (κ1) is 22.2. The highest BCUT2D eigenvalue weighted by atomic mass is 35.5. The highest BCUT2D eigenvalue weighted by Gasteiger charge is 2.18. The standard InChI is InChI=1S/C25H22Cl2N2O3/c1-4-14(2)15-8-9-22-21(11-15)29-25(32-22)16-6-5-7-18(10-16)28-24(30)19-12-17(26)13-20(27)23(19)31-3/h5-14H,4H2,1-3H3,(H,28,30)/t14-/m1/s1. The van der Waals surface area contributed by atoms with Crippen molar-refractivity contribution < 1.29 is 13.9 Å². The Hall–Kier alpha value is -3.02. The summed E-state index contributed by atoms with van der Waals surface area (Å²) in [6.45, 7) is 4.35. The van der Waals surface area contributed by atoms with E-state index < -0.39 is 0 Å². The number of nitrogens with zero attached hydrogens (tertiary/aromatic N) is 1. The number of halogens is 2. The van der Waals surface area contributed by atoms with Gasteiger partial charge in [0.2, 0.25) is 5.89 Å². The lowest BCUT2D eigenvalue weighted by Crippen LogP contribution is -2.13. The van der Waals surface area contributed by atoms with Crippen LogP contribution in [0.3, 0.4) is 0 Å². The lowest BCUT2D eigenvalue weighted by molar-refractivity contribution is 0.102. The van der Waals surface area contributed by atoms with Crippen molar-refractivity contribution in [2.24, 2.45) is 0 Å². The molecule has 0 unspecified atom stereocenters. The van der Waals surface area contributed by atoms with Crippen LogP contribution in [0.25, 0.3) is 22.6 Å². The van der Waals surface area contributed by atoms with E-state index >= 15 is 0 Å². The van der Waals surface area contributed by atoms with E-state index in [1.165, 1.54) is 24.8 Å². The van der Waals surface area contributed by atoms with Gasteiger partial charge >= 0.3 is 0 Å². The lowest BCUT2D eigenvalue weighted by Gasteiger charge is -2.12. The van der Waals surface area contributed by atoms with Crippen molar-refractivity contribution in [2.45, 2.75) is 26.2 Å². The summed E-state index contributed by atoms with van der Waals surface area (Å²) < 4.78 is 11.2. The molecular formula is C25H22Cl2N2O3. The summed E-state index contributed by atoms with van der Waals surface area (Å²) in [7, 11) is 1.45. The zero-order valence-electron chi connectivity index (χ0n) is 17.9. The smallest absolute Gasteiger partial charge is 0.259 e. The minimum absolute atomic E-state index is 0.245. The maximum atomic E-state index is 12.9. The Balaban J connectivity index is 1.63. The monoisotopic (exact) mass is 468 g/mol. The van der Waals surface area contributed by atoms with Gasteiger partial charge in [0, 0.05) is 16.3 Å². The van der Waals surface area contributed by atoms with Crippen LogP contribution in [-0.4, -0.2) is 18.0 Å². The molecule has 1 aromatic heterocycles. The third-order valence-electron chi connectivity index (χ3n) is 5.42. The predicted molar refractivity (Wildman–Crippen MR) is 129 cm³/mol. The van der Waals surface area contributed by atoms with Gasteiger partial charge in [-0.15, -0.1) is 0 Å². The van der Waals surface area contributed by atoms with Crippen molar-refractivity contribution in [1.29, 1.82) is 0 Å². The van der Waals surface area contributed by atoms with Gasteiger partial charge in [0.05, 0.1) is 17.7 Å². The van der Waals surface area contributed by atoms with Crippen LogP contribution in [0.1, 0.15) is 42.1 Å². The number of carbonyl (C=O) groups is 1. The molecule has 0 radical (unpaired) electrons. The number of benzene rings is 3. The quantitative estimate of drug-likeness (QED) is 0.316. The number of oxazole rings is 1. The number of hydrogen-bond acceptors (Lipinski definition) is 4. The number of aromatic nitrogens is 1. The molecule has 0 bridgehead atoms. The minimum Gasteiger partial charge on any atom is -0.494 e. The minimum atomic E-state index is -0.390. The molecule has 3 aromatic carbocycles. The first-order valence-corrected chi connectivity index (χ1v) is 11.0. The van der Waals surface area contributed by atoms with Crippen molar-refractivity contribution in [1.82, 2.24) is 4.98 Å².